The lowest BCUT2D eigenvalue weighted by Crippen LogP contribution is -2.07. The number of hydrogen-bond donors (Lipinski definition) is 1. The molecule has 0 saturated heterocycles. The van der Waals surface area contributed by atoms with Crippen LogP contribution >= 0.6 is 0 Å². The van der Waals surface area contributed by atoms with E-state index >= 15 is 0 Å². The van der Waals surface area contributed by atoms with Crippen molar-refractivity contribution in [1.82, 2.24) is 0 Å². The van der Waals surface area contributed by atoms with Gasteiger partial charge in [-0.05, 0) is 35.9 Å². The summed E-state index contributed by atoms with van der Waals surface area (Å²) in [5.74, 6) is 0.646. The van der Waals surface area contributed by atoms with Crippen molar-refractivity contribution in [1.29, 1.82) is 0 Å². The Morgan fingerprint density at radius 1 is 1.05 bits per heavy atom. The summed E-state index contributed by atoms with van der Waals surface area (Å²) in [6.45, 7) is 0. The second-order valence-corrected chi connectivity index (χ2v) is 3.96. The van der Waals surface area contributed by atoms with E-state index in [-0.39, 0.29) is 5.91 Å². The molecule has 1 N–H and O–H groups in total. The van der Waals surface area contributed by atoms with Gasteiger partial charge in [0.15, 0.2) is 0 Å². The molecular formula is C16H15NO2. The van der Waals surface area contributed by atoms with Crippen molar-refractivity contribution in [3.05, 3.63) is 66.2 Å². The first kappa shape index (κ1) is 12.9. The van der Waals surface area contributed by atoms with Crippen molar-refractivity contribution in [3.8, 4) is 5.75 Å². The van der Waals surface area contributed by atoms with E-state index in [2.05, 4.69) is 5.32 Å². The molecule has 2 aromatic carbocycles. The number of carbonyl (C=O) groups is 1. The van der Waals surface area contributed by atoms with Gasteiger partial charge in [-0.3, -0.25) is 4.79 Å². The van der Waals surface area contributed by atoms with Gasteiger partial charge in [0.05, 0.1) is 7.11 Å². The van der Waals surface area contributed by atoms with E-state index in [0.29, 0.717) is 0 Å². The topological polar surface area (TPSA) is 38.3 Å². The SMILES string of the molecule is COc1ccc(/C=C/C(=O)Nc2ccccc2)cc1. The summed E-state index contributed by atoms with van der Waals surface area (Å²) in [5.41, 5.74) is 1.73. The Kier molecular flexibility index (Phi) is 4.34. The molecule has 0 aromatic heterocycles. The number of ether oxygens (including phenoxy) is 1. The summed E-state index contributed by atoms with van der Waals surface area (Å²) < 4.78 is 5.07. The van der Waals surface area contributed by atoms with Crippen molar-refractivity contribution >= 4 is 17.7 Å². The van der Waals surface area contributed by atoms with Crippen molar-refractivity contribution in [2.75, 3.05) is 12.4 Å². The van der Waals surface area contributed by atoms with Crippen LogP contribution in [0.25, 0.3) is 6.08 Å². The molecule has 0 saturated carbocycles. The predicted molar refractivity (Wildman–Crippen MR) is 77.1 cm³/mol. The van der Waals surface area contributed by atoms with Gasteiger partial charge in [-0.1, -0.05) is 30.3 Å². The van der Waals surface area contributed by atoms with Gasteiger partial charge in [0.1, 0.15) is 5.75 Å². The molecule has 0 aliphatic rings. The van der Waals surface area contributed by atoms with Crippen molar-refractivity contribution in [2.45, 2.75) is 0 Å². The van der Waals surface area contributed by atoms with Gasteiger partial charge in [0.2, 0.25) is 5.91 Å². The quantitative estimate of drug-likeness (QED) is 0.849. The Balaban J connectivity index is 1.96. The number of para-hydroxylation sites is 1. The van der Waals surface area contributed by atoms with Crippen LogP contribution in [0, 0.1) is 0 Å². The van der Waals surface area contributed by atoms with Crippen LogP contribution in [0.2, 0.25) is 0 Å². The van der Waals surface area contributed by atoms with Crippen LogP contribution in [0.3, 0.4) is 0 Å². The maximum absolute atomic E-state index is 11.7. The van der Waals surface area contributed by atoms with E-state index in [1.54, 1.807) is 13.2 Å². The second kappa shape index (κ2) is 6.40. The molecule has 0 radical (unpaired) electrons. The van der Waals surface area contributed by atoms with E-state index < -0.39 is 0 Å². The van der Waals surface area contributed by atoms with Crippen molar-refractivity contribution in [3.63, 3.8) is 0 Å². The molecule has 0 fully saturated rings. The molecule has 0 spiro atoms. The van der Waals surface area contributed by atoms with Crippen LogP contribution in [0.1, 0.15) is 5.56 Å². The summed E-state index contributed by atoms with van der Waals surface area (Å²) in [7, 11) is 1.62. The smallest absolute Gasteiger partial charge is 0.248 e. The van der Waals surface area contributed by atoms with Gasteiger partial charge >= 0.3 is 0 Å². The minimum absolute atomic E-state index is 0.151. The Labute approximate surface area is 112 Å². The number of methoxy groups -OCH3 is 1. The van der Waals surface area contributed by atoms with Crippen LogP contribution in [-0.4, -0.2) is 13.0 Å². The number of carbonyl (C=O) groups excluding carboxylic acids is 1. The lowest BCUT2D eigenvalue weighted by atomic mass is 10.2. The highest BCUT2D eigenvalue weighted by atomic mass is 16.5. The highest BCUT2D eigenvalue weighted by molar-refractivity contribution is 6.01. The van der Waals surface area contributed by atoms with Gasteiger partial charge in [0, 0.05) is 11.8 Å². The first-order valence-corrected chi connectivity index (χ1v) is 5.96. The maximum atomic E-state index is 11.7. The second-order valence-electron chi connectivity index (χ2n) is 3.96. The molecule has 2 aromatic rings. The van der Waals surface area contributed by atoms with Gasteiger partial charge in [-0.2, -0.15) is 0 Å². The zero-order chi connectivity index (χ0) is 13.5. The fourth-order valence-corrected chi connectivity index (χ4v) is 1.59. The Morgan fingerprint density at radius 3 is 2.37 bits per heavy atom. The predicted octanol–water partition coefficient (Wildman–Crippen LogP) is 3.35. The third-order valence-electron chi connectivity index (χ3n) is 2.58. The number of amides is 1. The lowest BCUT2D eigenvalue weighted by Gasteiger charge is -2.01. The standard InChI is InChI=1S/C16H15NO2/c1-19-15-10-7-13(8-11-15)9-12-16(18)17-14-5-3-2-4-6-14/h2-12H,1H3,(H,17,18)/b12-9+. The van der Waals surface area contributed by atoms with E-state index in [9.17, 15) is 4.79 Å². The third-order valence-corrected chi connectivity index (χ3v) is 2.58. The van der Waals surface area contributed by atoms with Crippen LogP contribution in [0.4, 0.5) is 5.69 Å². The fraction of sp³-hybridized carbons (Fsp3) is 0.0625. The molecule has 3 nitrogen and oxygen atoms in total. The molecule has 96 valence electrons. The van der Waals surface area contributed by atoms with Crippen LogP contribution in [0.5, 0.6) is 5.75 Å². The fourth-order valence-electron chi connectivity index (χ4n) is 1.59. The van der Waals surface area contributed by atoms with Crippen LogP contribution in [0.15, 0.2) is 60.7 Å². The van der Waals surface area contributed by atoms with Crippen molar-refractivity contribution < 1.29 is 9.53 Å². The largest absolute Gasteiger partial charge is 0.497 e. The Morgan fingerprint density at radius 2 is 1.74 bits per heavy atom. The summed E-state index contributed by atoms with van der Waals surface area (Å²) in [6, 6.07) is 16.9. The van der Waals surface area contributed by atoms with Crippen molar-refractivity contribution in [2.24, 2.45) is 0 Å². The molecule has 2 rings (SSSR count). The van der Waals surface area contributed by atoms with Gasteiger partial charge in [-0.15, -0.1) is 0 Å². The zero-order valence-corrected chi connectivity index (χ0v) is 10.7. The molecule has 0 aliphatic heterocycles. The van der Waals surface area contributed by atoms with Gasteiger partial charge in [-0.25, -0.2) is 0 Å². The summed E-state index contributed by atoms with van der Waals surface area (Å²) in [5, 5.41) is 2.78. The lowest BCUT2D eigenvalue weighted by molar-refractivity contribution is -0.111. The minimum atomic E-state index is -0.151. The van der Waals surface area contributed by atoms with Gasteiger partial charge in [0.25, 0.3) is 0 Å². The monoisotopic (exact) mass is 253 g/mol. The normalized spacial score (nSPS) is 10.4. The number of nitrogens with one attached hydrogen (secondary N) is 1. The zero-order valence-electron chi connectivity index (χ0n) is 10.7. The van der Waals surface area contributed by atoms with Crippen LogP contribution in [-0.2, 0) is 4.79 Å². The summed E-state index contributed by atoms with van der Waals surface area (Å²) >= 11 is 0. The molecule has 0 bridgehead atoms. The highest BCUT2D eigenvalue weighted by Gasteiger charge is 1.96. The first-order chi connectivity index (χ1) is 9.28. The van der Waals surface area contributed by atoms with Gasteiger partial charge < -0.3 is 10.1 Å². The van der Waals surface area contributed by atoms with E-state index in [4.69, 9.17) is 4.74 Å². The molecular weight excluding hydrogens is 238 g/mol. The average molecular weight is 253 g/mol. The minimum Gasteiger partial charge on any atom is -0.497 e. The number of rotatable bonds is 4. The molecule has 3 heteroatoms. The third kappa shape index (κ3) is 4.00. The Hall–Kier alpha value is -2.55. The Bertz CT molecular complexity index is 559. The van der Waals surface area contributed by atoms with E-state index in [1.807, 2.05) is 54.6 Å². The molecule has 0 aliphatic carbocycles. The molecule has 0 atom stereocenters. The van der Waals surface area contributed by atoms with E-state index in [0.717, 1.165) is 17.0 Å². The molecule has 0 heterocycles. The maximum Gasteiger partial charge on any atom is 0.248 e. The highest BCUT2D eigenvalue weighted by Crippen LogP contribution is 2.12. The summed E-state index contributed by atoms with van der Waals surface area (Å²) in [4.78, 5) is 11.7. The average Bonchev–Trinajstić information content (AvgIpc) is 2.47. The molecule has 19 heavy (non-hydrogen) atoms. The molecule has 0 unspecified atom stereocenters. The molecule has 1 amide bonds. The number of hydrogen-bond acceptors (Lipinski definition) is 2. The first-order valence-electron chi connectivity index (χ1n) is 5.96. The number of anilines is 1. The van der Waals surface area contributed by atoms with Crippen LogP contribution < -0.4 is 10.1 Å². The van der Waals surface area contributed by atoms with E-state index in [1.165, 1.54) is 6.08 Å². The number of benzene rings is 2. The summed E-state index contributed by atoms with van der Waals surface area (Å²) in [6.07, 6.45) is 3.27.